The summed E-state index contributed by atoms with van der Waals surface area (Å²) in [5.74, 6) is -0.555. The summed E-state index contributed by atoms with van der Waals surface area (Å²) < 4.78 is 0. The summed E-state index contributed by atoms with van der Waals surface area (Å²) in [6.45, 7) is 6.01. The van der Waals surface area contributed by atoms with Crippen LogP contribution in [0.15, 0.2) is 18.2 Å². The molecule has 0 fully saturated rings. The molecule has 0 bridgehead atoms. The molecule has 1 aromatic carbocycles. The Labute approximate surface area is 101 Å². The van der Waals surface area contributed by atoms with Crippen LogP contribution < -0.4 is 5.32 Å². The third kappa shape index (κ3) is 3.12. The number of phenolic OH excluding ortho intramolecular Hbond substituents is 2. The highest BCUT2D eigenvalue weighted by Crippen LogP contribution is 2.26. The summed E-state index contributed by atoms with van der Waals surface area (Å²) in [7, 11) is 0. The topological polar surface area (TPSA) is 69.6 Å². The van der Waals surface area contributed by atoms with Gasteiger partial charge >= 0.3 is 0 Å². The zero-order valence-corrected chi connectivity index (χ0v) is 10.4. The molecule has 0 spiro atoms. The Morgan fingerprint density at radius 1 is 1.29 bits per heavy atom. The number of carbonyl (C=O) groups excluding carboxylic acids is 1. The van der Waals surface area contributed by atoms with Crippen LogP contribution in [0.1, 0.15) is 37.6 Å². The normalized spacial score (nSPS) is 12.5. The van der Waals surface area contributed by atoms with Crippen LogP contribution in [0.3, 0.4) is 0 Å². The second-order valence-electron chi connectivity index (χ2n) is 4.40. The summed E-state index contributed by atoms with van der Waals surface area (Å²) >= 11 is 0. The van der Waals surface area contributed by atoms with Crippen LogP contribution >= 0.6 is 0 Å². The molecule has 1 aromatic rings. The van der Waals surface area contributed by atoms with E-state index < -0.39 is 5.91 Å². The Morgan fingerprint density at radius 3 is 2.24 bits per heavy atom. The number of amides is 1. The third-order valence-corrected chi connectivity index (χ3v) is 2.81. The second-order valence-corrected chi connectivity index (χ2v) is 4.40. The first-order valence-corrected chi connectivity index (χ1v) is 5.79. The van der Waals surface area contributed by atoms with Gasteiger partial charge in [-0.3, -0.25) is 4.79 Å². The maximum atomic E-state index is 11.9. The highest BCUT2D eigenvalue weighted by Gasteiger charge is 2.20. The lowest BCUT2D eigenvalue weighted by Gasteiger charge is -2.21. The number of benzene rings is 1. The summed E-state index contributed by atoms with van der Waals surface area (Å²) in [6.07, 6.45) is 0.803. The fourth-order valence-corrected chi connectivity index (χ4v) is 1.74. The fraction of sp³-hybridized carbons (Fsp3) is 0.462. The third-order valence-electron chi connectivity index (χ3n) is 2.81. The molecule has 1 amide bonds. The minimum atomic E-state index is -0.443. The van der Waals surface area contributed by atoms with Crippen molar-refractivity contribution in [3.63, 3.8) is 0 Å². The Kier molecular flexibility index (Phi) is 4.37. The molecular weight excluding hydrogens is 218 g/mol. The lowest BCUT2D eigenvalue weighted by molar-refractivity contribution is 0.0919. The molecule has 3 N–H and O–H groups in total. The van der Waals surface area contributed by atoms with E-state index in [9.17, 15) is 15.0 Å². The van der Waals surface area contributed by atoms with Crippen molar-refractivity contribution in [2.75, 3.05) is 0 Å². The number of hydrogen-bond acceptors (Lipinski definition) is 3. The van der Waals surface area contributed by atoms with E-state index in [0.717, 1.165) is 6.42 Å². The van der Waals surface area contributed by atoms with Gasteiger partial charge in [-0.15, -0.1) is 0 Å². The van der Waals surface area contributed by atoms with Crippen molar-refractivity contribution >= 4 is 5.91 Å². The number of hydrogen-bond donors (Lipinski definition) is 3. The maximum Gasteiger partial charge on any atom is 0.259 e. The van der Waals surface area contributed by atoms with E-state index in [0.29, 0.717) is 5.92 Å². The number of rotatable bonds is 4. The van der Waals surface area contributed by atoms with E-state index >= 15 is 0 Å². The predicted octanol–water partition coefficient (Wildman–Crippen LogP) is 2.26. The molecule has 0 aromatic heterocycles. The average Bonchev–Trinajstić information content (AvgIpc) is 2.25. The summed E-state index contributed by atoms with van der Waals surface area (Å²) in [6, 6.07) is 4.28. The molecule has 1 rings (SSSR count). The van der Waals surface area contributed by atoms with Crippen molar-refractivity contribution < 1.29 is 15.0 Å². The Bertz CT molecular complexity index is 381. The number of aromatic hydroxyl groups is 2. The van der Waals surface area contributed by atoms with Crippen LogP contribution in [0.4, 0.5) is 0 Å². The first-order chi connectivity index (χ1) is 7.97. The molecule has 1 atom stereocenters. The molecule has 1 unspecified atom stereocenters. The van der Waals surface area contributed by atoms with E-state index in [2.05, 4.69) is 5.32 Å². The lowest BCUT2D eigenvalue weighted by atomic mass is 10.0. The molecule has 0 aliphatic carbocycles. The Hall–Kier alpha value is -1.71. The molecule has 0 saturated heterocycles. The summed E-state index contributed by atoms with van der Waals surface area (Å²) in [5, 5.41) is 21.9. The van der Waals surface area contributed by atoms with Crippen molar-refractivity contribution in [1.29, 1.82) is 0 Å². The van der Waals surface area contributed by atoms with Crippen LogP contribution in [0.2, 0.25) is 0 Å². The van der Waals surface area contributed by atoms with Gasteiger partial charge in [0.2, 0.25) is 0 Å². The van der Waals surface area contributed by atoms with Gasteiger partial charge in [-0.05, 0) is 24.5 Å². The highest BCUT2D eigenvalue weighted by molar-refractivity contribution is 5.99. The monoisotopic (exact) mass is 237 g/mol. The van der Waals surface area contributed by atoms with Gasteiger partial charge in [0.05, 0.1) is 0 Å². The van der Waals surface area contributed by atoms with Gasteiger partial charge in [-0.2, -0.15) is 0 Å². The Morgan fingerprint density at radius 2 is 1.82 bits per heavy atom. The van der Waals surface area contributed by atoms with E-state index in [-0.39, 0.29) is 23.1 Å². The van der Waals surface area contributed by atoms with Gasteiger partial charge in [0, 0.05) is 6.04 Å². The minimum Gasteiger partial charge on any atom is -0.507 e. The second kappa shape index (κ2) is 5.57. The van der Waals surface area contributed by atoms with Crippen molar-refractivity contribution in [2.24, 2.45) is 5.92 Å². The summed E-state index contributed by atoms with van der Waals surface area (Å²) in [5.41, 5.74) is -0.0633. The van der Waals surface area contributed by atoms with Crippen LogP contribution in [0.5, 0.6) is 11.5 Å². The Balaban J connectivity index is 2.90. The van der Waals surface area contributed by atoms with Gasteiger partial charge in [0.1, 0.15) is 17.1 Å². The maximum absolute atomic E-state index is 11.9. The molecule has 4 nitrogen and oxygen atoms in total. The molecule has 0 saturated carbocycles. The molecular formula is C13H19NO3. The zero-order chi connectivity index (χ0) is 13.0. The largest absolute Gasteiger partial charge is 0.507 e. The molecule has 0 aliphatic heterocycles. The zero-order valence-electron chi connectivity index (χ0n) is 10.4. The van der Waals surface area contributed by atoms with Crippen molar-refractivity contribution in [3.05, 3.63) is 23.8 Å². The number of carbonyl (C=O) groups is 1. The van der Waals surface area contributed by atoms with Crippen LogP contribution in [0, 0.1) is 5.92 Å². The van der Waals surface area contributed by atoms with E-state index in [1.54, 1.807) is 0 Å². The van der Waals surface area contributed by atoms with E-state index in [1.165, 1.54) is 18.2 Å². The van der Waals surface area contributed by atoms with Crippen molar-refractivity contribution in [2.45, 2.75) is 33.2 Å². The first-order valence-electron chi connectivity index (χ1n) is 5.79. The predicted molar refractivity (Wildman–Crippen MR) is 66.2 cm³/mol. The number of nitrogens with one attached hydrogen (secondary N) is 1. The molecule has 0 radical (unpaired) electrons. The van der Waals surface area contributed by atoms with Crippen LogP contribution in [-0.4, -0.2) is 22.2 Å². The number of phenols is 2. The van der Waals surface area contributed by atoms with Crippen molar-refractivity contribution in [1.82, 2.24) is 5.32 Å². The standard InChI is InChI=1S/C13H19NO3/c1-4-9(8(2)3)14-13(17)12-10(15)6-5-7-11(12)16/h5-9,15-16H,4H2,1-3H3,(H,14,17). The van der Waals surface area contributed by atoms with Gasteiger partial charge in [0.25, 0.3) is 5.91 Å². The van der Waals surface area contributed by atoms with E-state index in [4.69, 9.17) is 0 Å². The molecule has 94 valence electrons. The molecule has 4 heteroatoms. The van der Waals surface area contributed by atoms with Crippen LogP contribution in [0.25, 0.3) is 0 Å². The SMILES string of the molecule is CCC(NC(=O)c1c(O)cccc1O)C(C)C. The van der Waals surface area contributed by atoms with Crippen LogP contribution in [-0.2, 0) is 0 Å². The highest BCUT2D eigenvalue weighted by atomic mass is 16.3. The van der Waals surface area contributed by atoms with E-state index in [1.807, 2.05) is 20.8 Å². The average molecular weight is 237 g/mol. The van der Waals surface area contributed by atoms with Crippen molar-refractivity contribution in [3.8, 4) is 11.5 Å². The first kappa shape index (κ1) is 13.4. The molecule has 0 aliphatic rings. The fourth-order valence-electron chi connectivity index (χ4n) is 1.74. The minimum absolute atomic E-state index is 0.0292. The smallest absolute Gasteiger partial charge is 0.259 e. The van der Waals surface area contributed by atoms with Gasteiger partial charge < -0.3 is 15.5 Å². The quantitative estimate of drug-likeness (QED) is 0.752. The lowest BCUT2D eigenvalue weighted by Crippen LogP contribution is -2.38. The summed E-state index contributed by atoms with van der Waals surface area (Å²) in [4.78, 5) is 11.9. The molecule has 17 heavy (non-hydrogen) atoms. The van der Waals surface area contributed by atoms with Gasteiger partial charge in [0.15, 0.2) is 0 Å². The molecule has 0 heterocycles. The van der Waals surface area contributed by atoms with Gasteiger partial charge in [-0.25, -0.2) is 0 Å². The van der Waals surface area contributed by atoms with Gasteiger partial charge in [-0.1, -0.05) is 26.8 Å².